The molecule has 1 aromatic heterocycles. The molecule has 1 N–H and O–H groups in total. The summed E-state index contributed by atoms with van der Waals surface area (Å²) in [5.74, 6) is -0.267. The molecule has 1 unspecified atom stereocenters. The lowest BCUT2D eigenvalue weighted by atomic mass is 9.91. The van der Waals surface area contributed by atoms with Gasteiger partial charge in [-0.15, -0.1) is 0 Å². The number of carbonyl (C=O) groups excluding carboxylic acids is 1. The molecular formula is C23H29NO7. The highest BCUT2D eigenvalue weighted by atomic mass is 16.5. The van der Waals surface area contributed by atoms with Gasteiger partial charge in [0, 0.05) is 6.07 Å². The number of aromatic hydroxyl groups is 1. The molecule has 1 saturated heterocycles. The Morgan fingerprint density at radius 2 is 1.81 bits per heavy atom. The van der Waals surface area contributed by atoms with Gasteiger partial charge in [-0.05, 0) is 43.6 Å². The Bertz CT molecular complexity index is 963. The SMILES string of the molecule is COC(=O)CC(c1ccc(OC)c(OC)c1)c1oc(CN2CCCCC2)cc(=O)c1O. The molecule has 0 saturated carbocycles. The Morgan fingerprint density at radius 1 is 1.10 bits per heavy atom. The summed E-state index contributed by atoms with van der Waals surface area (Å²) in [6.07, 6.45) is 3.29. The summed E-state index contributed by atoms with van der Waals surface area (Å²) in [5, 5.41) is 10.5. The van der Waals surface area contributed by atoms with Gasteiger partial charge in [0.1, 0.15) is 5.76 Å². The summed E-state index contributed by atoms with van der Waals surface area (Å²) in [6, 6.07) is 6.46. The zero-order chi connectivity index (χ0) is 22.4. The Morgan fingerprint density at radius 3 is 2.45 bits per heavy atom. The van der Waals surface area contributed by atoms with Crippen LogP contribution in [0.2, 0.25) is 0 Å². The van der Waals surface area contributed by atoms with Gasteiger partial charge in [0.05, 0.1) is 40.2 Å². The molecule has 168 valence electrons. The molecule has 0 spiro atoms. The number of methoxy groups -OCH3 is 3. The summed E-state index contributed by atoms with van der Waals surface area (Å²) in [4.78, 5) is 26.9. The third-order valence-electron chi connectivity index (χ3n) is 5.55. The summed E-state index contributed by atoms with van der Waals surface area (Å²) in [7, 11) is 4.32. The van der Waals surface area contributed by atoms with E-state index in [2.05, 4.69) is 4.90 Å². The minimum atomic E-state index is -0.735. The van der Waals surface area contributed by atoms with E-state index in [1.165, 1.54) is 33.8 Å². The maximum atomic E-state index is 12.5. The lowest BCUT2D eigenvalue weighted by Gasteiger charge is -2.26. The smallest absolute Gasteiger partial charge is 0.306 e. The number of rotatable bonds is 8. The van der Waals surface area contributed by atoms with E-state index in [0.717, 1.165) is 25.9 Å². The fraction of sp³-hybridized carbons (Fsp3) is 0.478. The van der Waals surface area contributed by atoms with E-state index in [4.69, 9.17) is 18.6 Å². The van der Waals surface area contributed by atoms with Crippen LogP contribution in [0.5, 0.6) is 17.2 Å². The van der Waals surface area contributed by atoms with Crippen molar-refractivity contribution < 1.29 is 28.5 Å². The maximum absolute atomic E-state index is 12.5. The van der Waals surface area contributed by atoms with Crippen LogP contribution in [-0.4, -0.2) is 50.4 Å². The molecule has 0 amide bonds. The Hall–Kier alpha value is -3.00. The highest BCUT2D eigenvalue weighted by Crippen LogP contribution is 2.37. The zero-order valence-electron chi connectivity index (χ0n) is 18.2. The summed E-state index contributed by atoms with van der Waals surface area (Å²) >= 11 is 0. The first kappa shape index (κ1) is 22.7. The zero-order valence-corrected chi connectivity index (χ0v) is 18.2. The Kier molecular flexibility index (Phi) is 7.57. The average molecular weight is 431 g/mol. The minimum absolute atomic E-state index is 0.0390. The predicted molar refractivity (Wildman–Crippen MR) is 114 cm³/mol. The largest absolute Gasteiger partial charge is 0.502 e. The van der Waals surface area contributed by atoms with E-state index in [-0.39, 0.29) is 12.2 Å². The van der Waals surface area contributed by atoms with Crippen molar-refractivity contribution in [1.82, 2.24) is 4.90 Å². The fourth-order valence-corrected chi connectivity index (χ4v) is 3.89. The van der Waals surface area contributed by atoms with Crippen LogP contribution in [0.25, 0.3) is 0 Å². The van der Waals surface area contributed by atoms with E-state index in [0.29, 0.717) is 29.4 Å². The van der Waals surface area contributed by atoms with Gasteiger partial charge in [-0.2, -0.15) is 0 Å². The molecule has 8 nitrogen and oxygen atoms in total. The molecule has 2 aromatic rings. The van der Waals surface area contributed by atoms with E-state index < -0.39 is 23.1 Å². The number of carbonyl (C=O) groups is 1. The van der Waals surface area contributed by atoms with E-state index in [9.17, 15) is 14.7 Å². The minimum Gasteiger partial charge on any atom is -0.502 e. The topological polar surface area (TPSA) is 98.4 Å². The first-order chi connectivity index (χ1) is 15.0. The normalized spacial score (nSPS) is 15.3. The monoisotopic (exact) mass is 431 g/mol. The molecule has 1 atom stereocenters. The molecule has 1 aliphatic heterocycles. The van der Waals surface area contributed by atoms with Crippen LogP contribution in [0.15, 0.2) is 33.5 Å². The molecule has 0 radical (unpaired) electrons. The summed E-state index contributed by atoms with van der Waals surface area (Å²) in [6.45, 7) is 2.34. The van der Waals surface area contributed by atoms with Gasteiger partial charge in [-0.3, -0.25) is 14.5 Å². The van der Waals surface area contributed by atoms with Gasteiger partial charge < -0.3 is 23.7 Å². The molecule has 1 aromatic carbocycles. The molecule has 31 heavy (non-hydrogen) atoms. The quantitative estimate of drug-likeness (QED) is 0.637. The van der Waals surface area contributed by atoms with Gasteiger partial charge in [0.15, 0.2) is 17.3 Å². The number of nitrogens with zero attached hydrogens (tertiary/aromatic N) is 1. The molecule has 1 aliphatic rings. The number of likely N-dealkylation sites (tertiary alicyclic amines) is 1. The van der Waals surface area contributed by atoms with Gasteiger partial charge in [-0.25, -0.2) is 0 Å². The summed E-state index contributed by atoms with van der Waals surface area (Å²) < 4.78 is 21.5. The number of hydrogen-bond donors (Lipinski definition) is 1. The fourth-order valence-electron chi connectivity index (χ4n) is 3.89. The van der Waals surface area contributed by atoms with Crippen molar-refractivity contribution >= 4 is 5.97 Å². The standard InChI is InChI=1S/C23H29NO7/c1-28-19-8-7-15(11-20(19)29-2)17(13-21(26)30-3)23-22(27)18(25)12-16(31-23)14-24-9-5-4-6-10-24/h7-8,11-12,17,27H,4-6,9-10,13-14H2,1-3H3. The second-order valence-electron chi connectivity index (χ2n) is 7.57. The van der Waals surface area contributed by atoms with Crippen LogP contribution < -0.4 is 14.9 Å². The number of piperidine rings is 1. The first-order valence-electron chi connectivity index (χ1n) is 10.3. The van der Waals surface area contributed by atoms with Crippen LogP contribution in [0.3, 0.4) is 0 Å². The molecule has 2 heterocycles. The number of benzene rings is 1. The van der Waals surface area contributed by atoms with Crippen molar-refractivity contribution in [3.05, 3.63) is 51.6 Å². The van der Waals surface area contributed by atoms with Gasteiger partial charge >= 0.3 is 5.97 Å². The van der Waals surface area contributed by atoms with Crippen LogP contribution in [0.4, 0.5) is 0 Å². The second kappa shape index (κ2) is 10.3. The van der Waals surface area contributed by atoms with Gasteiger partial charge in [-0.1, -0.05) is 12.5 Å². The van der Waals surface area contributed by atoms with Crippen LogP contribution in [-0.2, 0) is 16.1 Å². The van der Waals surface area contributed by atoms with Crippen LogP contribution in [0, 0.1) is 0 Å². The van der Waals surface area contributed by atoms with Crippen molar-refractivity contribution in [2.75, 3.05) is 34.4 Å². The van der Waals surface area contributed by atoms with Crippen molar-refractivity contribution in [1.29, 1.82) is 0 Å². The first-order valence-corrected chi connectivity index (χ1v) is 10.3. The van der Waals surface area contributed by atoms with Crippen LogP contribution >= 0.6 is 0 Å². The summed E-state index contributed by atoms with van der Waals surface area (Å²) in [5.41, 5.74) is 0.0835. The molecule has 8 heteroatoms. The number of esters is 1. The Labute approximate surface area is 181 Å². The highest BCUT2D eigenvalue weighted by Gasteiger charge is 2.28. The van der Waals surface area contributed by atoms with E-state index in [1.807, 2.05) is 0 Å². The van der Waals surface area contributed by atoms with E-state index >= 15 is 0 Å². The lowest BCUT2D eigenvalue weighted by molar-refractivity contribution is -0.140. The number of ether oxygens (including phenoxy) is 3. The van der Waals surface area contributed by atoms with Crippen molar-refractivity contribution in [3.8, 4) is 17.2 Å². The average Bonchev–Trinajstić information content (AvgIpc) is 2.80. The van der Waals surface area contributed by atoms with Crippen molar-refractivity contribution in [2.45, 2.75) is 38.1 Å². The molecule has 3 rings (SSSR count). The van der Waals surface area contributed by atoms with Crippen molar-refractivity contribution in [2.24, 2.45) is 0 Å². The maximum Gasteiger partial charge on any atom is 0.306 e. The number of hydrogen-bond acceptors (Lipinski definition) is 8. The Balaban J connectivity index is 2.04. The van der Waals surface area contributed by atoms with Gasteiger partial charge in [0.25, 0.3) is 0 Å². The third-order valence-corrected chi connectivity index (χ3v) is 5.55. The third kappa shape index (κ3) is 5.38. The van der Waals surface area contributed by atoms with E-state index in [1.54, 1.807) is 18.2 Å². The molecule has 0 bridgehead atoms. The van der Waals surface area contributed by atoms with Gasteiger partial charge in [0.2, 0.25) is 11.2 Å². The highest BCUT2D eigenvalue weighted by molar-refractivity contribution is 5.71. The molecular weight excluding hydrogens is 402 g/mol. The second-order valence-corrected chi connectivity index (χ2v) is 7.57. The predicted octanol–water partition coefficient (Wildman–Crippen LogP) is 3.04. The van der Waals surface area contributed by atoms with Crippen molar-refractivity contribution in [3.63, 3.8) is 0 Å². The molecule has 0 aliphatic carbocycles. The molecule has 1 fully saturated rings. The lowest BCUT2D eigenvalue weighted by Crippen LogP contribution is -2.29. The van der Waals surface area contributed by atoms with Crippen LogP contribution in [0.1, 0.15) is 48.7 Å².